The number of amides is 1. The first-order chi connectivity index (χ1) is 10.7. The van der Waals surface area contributed by atoms with Gasteiger partial charge in [0, 0.05) is 12.1 Å². The molecule has 0 saturated carbocycles. The molecule has 8 heteroatoms. The summed E-state index contributed by atoms with van der Waals surface area (Å²) in [4.78, 5) is 23.3. The normalized spacial score (nSPS) is 19.3. The van der Waals surface area contributed by atoms with E-state index >= 15 is 0 Å². The highest BCUT2D eigenvalue weighted by molar-refractivity contribution is 7.91. The Balaban J connectivity index is 1.75. The SMILES string of the molecule is Cc1ccc(NC(=O)COC(=O)C[C@@H]2CCS(=O)(=O)C2)cc1F. The minimum Gasteiger partial charge on any atom is -0.456 e. The fraction of sp³-hybridized carbons (Fsp3) is 0.467. The van der Waals surface area contributed by atoms with E-state index in [2.05, 4.69) is 5.32 Å². The number of rotatable bonds is 5. The summed E-state index contributed by atoms with van der Waals surface area (Å²) in [6.45, 7) is 1.11. The lowest BCUT2D eigenvalue weighted by Gasteiger charge is -2.09. The highest BCUT2D eigenvalue weighted by Crippen LogP contribution is 2.21. The van der Waals surface area contributed by atoms with Crippen molar-refractivity contribution in [3.63, 3.8) is 0 Å². The van der Waals surface area contributed by atoms with Gasteiger partial charge in [0.15, 0.2) is 16.4 Å². The minimum atomic E-state index is -3.04. The molecule has 1 saturated heterocycles. The van der Waals surface area contributed by atoms with Gasteiger partial charge in [0.2, 0.25) is 0 Å². The van der Waals surface area contributed by atoms with E-state index in [-0.39, 0.29) is 29.5 Å². The van der Waals surface area contributed by atoms with Crippen LogP contribution < -0.4 is 5.32 Å². The lowest BCUT2D eigenvalue weighted by atomic mass is 10.1. The molecule has 1 N–H and O–H groups in total. The van der Waals surface area contributed by atoms with Crippen molar-refractivity contribution in [1.29, 1.82) is 0 Å². The van der Waals surface area contributed by atoms with Gasteiger partial charge in [-0.2, -0.15) is 0 Å². The van der Waals surface area contributed by atoms with Gasteiger partial charge >= 0.3 is 5.97 Å². The van der Waals surface area contributed by atoms with Crippen molar-refractivity contribution < 1.29 is 27.1 Å². The number of anilines is 1. The number of esters is 1. The van der Waals surface area contributed by atoms with Gasteiger partial charge in [-0.1, -0.05) is 6.07 Å². The third-order valence-corrected chi connectivity index (χ3v) is 5.44. The smallest absolute Gasteiger partial charge is 0.306 e. The van der Waals surface area contributed by atoms with Gasteiger partial charge in [-0.15, -0.1) is 0 Å². The Morgan fingerprint density at radius 3 is 2.74 bits per heavy atom. The molecule has 1 aromatic rings. The van der Waals surface area contributed by atoms with Crippen LogP contribution in [0.3, 0.4) is 0 Å². The molecule has 1 heterocycles. The predicted molar refractivity (Wildman–Crippen MR) is 82.1 cm³/mol. The van der Waals surface area contributed by atoms with Gasteiger partial charge in [-0.3, -0.25) is 9.59 Å². The number of benzene rings is 1. The molecule has 1 aromatic carbocycles. The summed E-state index contributed by atoms with van der Waals surface area (Å²) in [5.74, 6) is -1.82. The Bertz CT molecular complexity index is 717. The number of ether oxygens (including phenoxy) is 1. The molecule has 1 aliphatic rings. The summed E-state index contributed by atoms with van der Waals surface area (Å²) in [6.07, 6.45) is 0.415. The predicted octanol–water partition coefficient (Wildman–Crippen LogP) is 1.44. The molecule has 0 aromatic heterocycles. The van der Waals surface area contributed by atoms with E-state index in [1.807, 2.05) is 0 Å². The highest BCUT2D eigenvalue weighted by Gasteiger charge is 2.29. The molecule has 1 atom stereocenters. The van der Waals surface area contributed by atoms with Crippen LogP contribution in [0.15, 0.2) is 18.2 Å². The summed E-state index contributed by atoms with van der Waals surface area (Å²) in [5.41, 5.74) is 0.733. The third kappa shape index (κ3) is 5.31. The zero-order valence-electron chi connectivity index (χ0n) is 12.7. The number of sulfone groups is 1. The molecule has 2 rings (SSSR count). The third-order valence-electron chi connectivity index (χ3n) is 3.60. The molecule has 0 unspecified atom stereocenters. The molecule has 6 nitrogen and oxygen atoms in total. The van der Waals surface area contributed by atoms with Gasteiger partial charge in [0.05, 0.1) is 11.5 Å². The van der Waals surface area contributed by atoms with E-state index in [0.717, 1.165) is 0 Å². The number of hydrogen-bond donors (Lipinski definition) is 1. The molecular formula is C15H18FNO5S. The topological polar surface area (TPSA) is 89.5 Å². The van der Waals surface area contributed by atoms with E-state index in [1.165, 1.54) is 12.1 Å². The van der Waals surface area contributed by atoms with Crippen molar-refractivity contribution in [2.45, 2.75) is 19.8 Å². The molecule has 0 bridgehead atoms. The number of halogens is 1. The Morgan fingerprint density at radius 1 is 1.39 bits per heavy atom. The molecular weight excluding hydrogens is 325 g/mol. The van der Waals surface area contributed by atoms with Crippen LogP contribution in [-0.4, -0.2) is 38.4 Å². The summed E-state index contributed by atoms with van der Waals surface area (Å²) < 4.78 is 40.8. The second kappa shape index (κ2) is 7.08. The van der Waals surface area contributed by atoms with Crippen LogP contribution in [0.5, 0.6) is 0 Å². The van der Waals surface area contributed by atoms with Gasteiger partial charge in [-0.25, -0.2) is 12.8 Å². The Morgan fingerprint density at radius 2 is 2.13 bits per heavy atom. The van der Waals surface area contributed by atoms with E-state index in [4.69, 9.17) is 4.74 Å². The van der Waals surface area contributed by atoms with Gasteiger partial charge in [-0.05, 0) is 37.0 Å². The summed E-state index contributed by atoms with van der Waals surface area (Å²) in [6, 6.07) is 4.25. The first-order valence-corrected chi connectivity index (χ1v) is 8.99. The van der Waals surface area contributed by atoms with E-state index in [1.54, 1.807) is 13.0 Å². The quantitative estimate of drug-likeness (QED) is 0.817. The lowest BCUT2D eigenvalue weighted by molar-refractivity contribution is -0.148. The van der Waals surface area contributed by atoms with Crippen molar-refractivity contribution in [2.24, 2.45) is 5.92 Å². The van der Waals surface area contributed by atoms with Crippen LogP contribution in [0.25, 0.3) is 0 Å². The average Bonchev–Trinajstić information content (AvgIpc) is 2.80. The fourth-order valence-electron chi connectivity index (χ4n) is 2.34. The molecule has 126 valence electrons. The summed E-state index contributed by atoms with van der Waals surface area (Å²) in [7, 11) is -3.04. The lowest BCUT2D eigenvalue weighted by Crippen LogP contribution is -2.22. The van der Waals surface area contributed by atoms with Gasteiger partial charge < -0.3 is 10.1 Å². The monoisotopic (exact) mass is 343 g/mol. The molecule has 0 radical (unpaired) electrons. The first kappa shape index (κ1) is 17.4. The molecule has 1 fully saturated rings. The first-order valence-electron chi connectivity index (χ1n) is 7.17. The Labute approximate surface area is 133 Å². The van der Waals surface area contributed by atoms with E-state index in [9.17, 15) is 22.4 Å². The average molecular weight is 343 g/mol. The minimum absolute atomic E-state index is 0.0169. The fourth-order valence-corrected chi connectivity index (χ4v) is 4.20. The second-order valence-corrected chi connectivity index (χ2v) is 7.87. The van der Waals surface area contributed by atoms with Crippen LogP contribution in [-0.2, 0) is 24.2 Å². The van der Waals surface area contributed by atoms with Gasteiger partial charge in [0.1, 0.15) is 5.82 Å². The largest absolute Gasteiger partial charge is 0.456 e. The van der Waals surface area contributed by atoms with Crippen LogP contribution >= 0.6 is 0 Å². The molecule has 23 heavy (non-hydrogen) atoms. The standard InChI is InChI=1S/C15H18FNO5S/c1-10-2-3-12(7-13(10)16)17-14(18)8-22-15(19)6-11-4-5-23(20,21)9-11/h2-3,7,11H,4-6,8-9H2,1H3,(H,17,18)/t11-/m0/s1. The van der Waals surface area contributed by atoms with Crippen LogP contribution in [0.4, 0.5) is 10.1 Å². The Kier molecular flexibility index (Phi) is 5.35. The highest BCUT2D eigenvalue weighted by atomic mass is 32.2. The number of aryl methyl sites for hydroxylation is 1. The molecule has 0 aliphatic carbocycles. The van der Waals surface area contributed by atoms with Crippen LogP contribution in [0, 0.1) is 18.7 Å². The van der Waals surface area contributed by atoms with E-state index in [0.29, 0.717) is 12.0 Å². The zero-order valence-corrected chi connectivity index (χ0v) is 13.5. The zero-order chi connectivity index (χ0) is 17.0. The van der Waals surface area contributed by atoms with Crippen molar-refractivity contribution in [3.8, 4) is 0 Å². The van der Waals surface area contributed by atoms with Crippen molar-refractivity contribution >= 4 is 27.4 Å². The molecule has 1 amide bonds. The maximum Gasteiger partial charge on any atom is 0.306 e. The number of nitrogens with one attached hydrogen (secondary N) is 1. The van der Waals surface area contributed by atoms with Crippen molar-refractivity contribution in [3.05, 3.63) is 29.6 Å². The van der Waals surface area contributed by atoms with Crippen LogP contribution in [0.1, 0.15) is 18.4 Å². The number of carbonyl (C=O) groups excluding carboxylic acids is 2. The number of carbonyl (C=O) groups is 2. The summed E-state index contributed by atoms with van der Waals surface area (Å²) >= 11 is 0. The molecule has 0 spiro atoms. The number of hydrogen-bond acceptors (Lipinski definition) is 5. The second-order valence-electron chi connectivity index (χ2n) is 5.65. The van der Waals surface area contributed by atoms with Crippen molar-refractivity contribution in [2.75, 3.05) is 23.4 Å². The molecule has 1 aliphatic heterocycles. The summed E-state index contributed by atoms with van der Waals surface area (Å²) in [5, 5.41) is 2.42. The van der Waals surface area contributed by atoms with Gasteiger partial charge in [0.25, 0.3) is 5.91 Å². The van der Waals surface area contributed by atoms with Crippen LogP contribution in [0.2, 0.25) is 0 Å². The maximum absolute atomic E-state index is 13.3. The Hall–Kier alpha value is -1.96. The van der Waals surface area contributed by atoms with E-state index < -0.39 is 34.1 Å². The maximum atomic E-state index is 13.3. The van der Waals surface area contributed by atoms with Crippen molar-refractivity contribution in [1.82, 2.24) is 0 Å².